The van der Waals surface area contributed by atoms with Gasteiger partial charge in [0.1, 0.15) is 0 Å². The quantitative estimate of drug-likeness (QED) is 0.622. The molecule has 0 saturated heterocycles. The number of ketones is 1. The van der Waals surface area contributed by atoms with Crippen molar-refractivity contribution in [2.45, 2.75) is 6.42 Å². The molecule has 0 aliphatic heterocycles. The fourth-order valence-electron chi connectivity index (χ4n) is 1.84. The molecular formula is C16H14O3. The summed E-state index contributed by atoms with van der Waals surface area (Å²) in [5.74, 6) is -0.364. The molecule has 0 atom stereocenters. The van der Waals surface area contributed by atoms with Crippen molar-refractivity contribution in [3.63, 3.8) is 0 Å². The summed E-state index contributed by atoms with van der Waals surface area (Å²) < 4.78 is 4.66. The summed E-state index contributed by atoms with van der Waals surface area (Å²) in [6.45, 7) is 0. The van der Waals surface area contributed by atoms with Crippen molar-refractivity contribution in [1.29, 1.82) is 0 Å². The minimum Gasteiger partial charge on any atom is -0.465 e. The van der Waals surface area contributed by atoms with E-state index in [1.165, 1.54) is 7.11 Å². The van der Waals surface area contributed by atoms with Gasteiger partial charge in [0.2, 0.25) is 0 Å². The molecule has 3 heteroatoms. The van der Waals surface area contributed by atoms with Crippen molar-refractivity contribution in [3.8, 4) is 0 Å². The number of carbonyl (C=O) groups excluding carboxylic acids is 2. The lowest BCUT2D eigenvalue weighted by Gasteiger charge is -2.04. The minimum atomic E-state index is -0.394. The van der Waals surface area contributed by atoms with Gasteiger partial charge in [0.25, 0.3) is 0 Å². The largest absolute Gasteiger partial charge is 0.465 e. The van der Waals surface area contributed by atoms with Crippen LogP contribution in [-0.2, 0) is 11.2 Å². The Morgan fingerprint density at radius 1 is 0.947 bits per heavy atom. The summed E-state index contributed by atoms with van der Waals surface area (Å²) in [7, 11) is 1.34. The number of esters is 1. The van der Waals surface area contributed by atoms with Crippen LogP contribution >= 0.6 is 0 Å². The number of methoxy groups -OCH3 is 1. The van der Waals surface area contributed by atoms with E-state index < -0.39 is 5.97 Å². The molecular weight excluding hydrogens is 240 g/mol. The normalized spacial score (nSPS) is 9.95. The molecule has 0 spiro atoms. The molecule has 3 nitrogen and oxygen atoms in total. The summed E-state index contributed by atoms with van der Waals surface area (Å²) in [5, 5.41) is 0. The van der Waals surface area contributed by atoms with Crippen molar-refractivity contribution >= 4 is 11.8 Å². The van der Waals surface area contributed by atoms with E-state index >= 15 is 0 Å². The second-order valence-corrected chi connectivity index (χ2v) is 4.16. The Labute approximate surface area is 111 Å². The van der Waals surface area contributed by atoms with E-state index in [1.807, 2.05) is 24.3 Å². The molecule has 19 heavy (non-hydrogen) atoms. The Balaban J connectivity index is 2.16. The number of ether oxygens (including phenoxy) is 1. The highest BCUT2D eigenvalue weighted by Gasteiger charge is 2.09. The molecule has 0 fully saturated rings. The zero-order valence-electron chi connectivity index (χ0n) is 10.6. The number of Topliss-reactive ketones (excluding diaryl/α,β-unsaturated/α-hetero) is 1. The molecule has 96 valence electrons. The molecule has 2 aromatic rings. The van der Waals surface area contributed by atoms with E-state index in [2.05, 4.69) is 4.74 Å². The lowest BCUT2D eigenvalue weighted by Crippen LogP contribution is -2.06. The van der Waals surface area contributed by atoms with Crippen LogP contribution in [0.4, 0.5) is 0 Å². The van der Waals surface area contributed by atoms with Gasteiger partial charge >= 0.3 is 5.97 Å². The van der Waals surface area contributed by atoms with Gasteiger partial charge in [0, 0.05) is 12.0 Å². The van der Waals surface area contributed by atoms with Crippen LogP contribution in [0, 0.1) is 0 Å². The van der Waals surface area contributed by atoms with E-state index in [9.17, 15) is 9.59 Å². The number of hydrogen-bond donors (Lipinski definition) is 0. The number of rotatable bonds is 4. The maximum atomic E-state index is 12.0. The highest BCUT2D eigenvalue weighted by atomic mass is 16.5. The van der Waals surface area contributed by atoms with Crippen molar-refractivity contribution in [3.05, 3.63) is 71.3 Å². The third-order valence-corrected chi connectivity index (χ3v) is 2.81. The molecule has 2 aromatic carbocycles. The molecule has 0 aromatic heterocycles. The smallest absolute Gasteiger partial charge is 0.337 e. The predicted molar refractivity (Wildman–Crippen MR) is 72.3 cm³/mol. The summed E-state index contributed by atoms with van der Waals surface area (Å²) in [5.41, 5.74) is 1.93. The third kappa shape index (κ3) is 3.28. The molecule has 0 amide bonds. The standard InChI is InChI=1S/C16H14O3/c1-19-16(18)14-9-5-6-12(10-14)11-15(17)13-7-3-2-4-8-13/h2-10H,11H2,1H3. The second kappa shape index (κ2) is 5.96. The van der Waals surface area contributed by atoms with E-state index in [1.54, 1.807) is 30.3 Å². The Morgan fingerprint density at radius 2 is 1.63 bits per heavy atom. The molecule has 0 aliphatic carbocycles. The maximum Gasteiger partial charge on any atom is 0.337 e. The third-order valence-electron chi connectivity index (χ3n) is 2.81. The second-order valence-electron chi connectivity index (χ2n) is 4.16. The molecule has 0 saturated carbocycles. The van der Waals surface area contributed by atoms with Crippen LogP contribution < -0.4 is 0 Å². The van der Waals surface area contributed by atoms with E-state index in [0.29, 0.717) is 11.1 Å². The highest BCUT2D eigenvalue weighted by molar-refractivity contribution is 5.98. The van der Waals surface area contributed by atoms with Gasteiger partial charge in [-0.25, -0.2) is 4.79 Å². The van der Waals surface area contributed by atoms with Gasteiger partial charge < -0.3 is 4.74 Å². The number of benzene rings is 2. The van der Waals surface area contributed by atoms with Gasteiger partial charge in [-0.2, -0.15) is 0 Å². The highest BCUT2D eigenvalue weighted by Crippen LogP contribution is 2.10. The average molecular weight is 254 g/mol. The minimum absolute atomic E-state index is 0.0302. The zero-order chi connectivity index (χ0) is 13.7. The number of hydrogen-bond acceptors (Lipinski definition) is 3. The first kappa shape index (κ1) is 13.0. The molecule has 0 N–H and O–H groups in total. The summed E-state index contributed by atoms with van der Waals surface area (Å²) in [6.07, 6.45) is 0.273. The summed E-state index contributed by atoms with van der Waals surface area (Å²) in [6, 6.07) is 16.0. The van der Waals surface area contributed by atoms with Crippen LogP contribution in [0.15, 0.2) is 54.6 Å². The van der Waals surface area contributed by atoms with Crippen molar-refractivity contribution in [1.82, 2.24) is 0 Å². The fourth-order valence-corrected chi connectivity index (χ4v) is 1.84. The van der Waals surface area contributed by atoms with E-state index in [0.717, 1.165) is 5.56 Å². The van der Waals surface area contributed by atoms with Gasteiger partial charge in [-0.1, -0.05) is 42.5 Å². The van der Waals surface area contributed by atoms with Gasteiger partial charge in [0.15, 0.2) is 5.78 Å². The SMILES string of the molecule is COC(=O)c1cccc(CC(=O)c2ccccc2)c1. The lowest BCUT2D eigenvalue weighted by atomic mass is 10.0. The summed E-state index contributed by atoms with van der Waals surface area (Å²) >= 11 is 0. The Hall–Kier alpha value is -2.42. The first-order chi connectivity index (χ1) is 9.20. The van der Waals surface area contributed by atoms with Crippen molar-refractivity contribution in [2.75, 3.05) is 7.11 Å². The molecule has 0 bridgehead atoms. The first-order valence-electron chi connectivity index (χ1n) is 5.96. The van der Waals surface area contributed by atoms with Crippen LogP contribution in [0.1, 0.15) is 26.3 Å². The Kier molecular flexibility index (Phi) is 4.08. The zero-order valence-corrected chi connectivity index (χ0v) is 10.6. The lowest BCUT2D eigenvalue weighted by molar-refractivity contribution is 0.0600. The van der Waals surface area contributed by atoms with Crippen LogP contribution in [-0.4, -0.2) is 18.9 Å². The van der Waals surface area contributed by atoms with Crippen molar-refractivity contribution in [2.24, 2.45) is 0 Å². The topological polar surface area (TPSA) is 43.4 Å². The van der Waals surface area contributed by atoms with Crippen LogP contribution in [0.2, 0.25) is 0 Å². The predicted octanol–water partition coefficient (Wildman–Crippen LogP) is 2.90. The van der Waals surface area contributed by atoms with Gasteiger partial charge in [-0.3, -0.25) is 4.79 Å². The molecule has 2 rings (SSSR count). The van der Waals surface area contributed by atoms with Crippen molar-refractivity contribution < 1.29 is 14.3 Å². The summed E-state index contributed by atoms with van der Waals surface area (Å²) in [4.78, 5) is 23.5. The van der Waals surface area contributed by atoms with Crippen LogP contribution in [0.25, 0.3) is 0 Å². The van der Waals surface area contributed by atoms with E-state index in [-0.39, 0.29) is 12.2 Å². The first-order valence-corrected chi connectivity index (χ1v) is 5.96. The Morgan fingerprint density at radius 3 is 2.32 bits per heavy atom. The molecule has 0 aliphatic rings. The van der Waals surface area contributed by atoms with Crippen LogP contribution in [0.5, 0.6) is 0 Å². The van der Waals surface area contributed by atoms with Crippen LogP contribution in [0.3, 0.4) is 0 Å². The number of carbonyl (C=O) groups is 2. The van der Waals surface area contributed by atoms with Gasteiger partial charge in [0.05, 0.1) is 12.7 Å². The molecule has 0 heterocycles. The monoisotopic (exact) mass is 254 g/mol. The maximum absolute atomic E-state index is 12.0. The Bertz CT molecular complexity index is 588. The van der Waals surface area contributed by atoms with Gasteiger partial charge in [-0.15, -0.1) is 0 Å². The molecule has 0 radical (unpaired) electrons. The fraction of sp³-hybridized carbons (Fsp3) is 0.125. The average Bonchev–Trinajstić information content (AvgIpc) is 2.47. The van der Waals surface area contributed by atoms with E-state index in [4.69, 9.17) is 0 Å². The molecule has 0 unspecified atom stereocenters. The van der Waals surface area contributed by atoms with Gasteiger partial charge in [-0.05, 0) is 17.7 Å².